The van der Waals surface area contributed by atoms with E-state index in [1.807, 2.05) is 23.1 Å². The number of nitrogens with zero attached hydrogens (tertiary/aromatic N) is 2. The van der Waals surface area contributed by atoms with E-state index in [9.17, 15) is 0 Å². The minimum atomic E-state index is -0.0742. The Hall–Kier alpha value is -0.870. The number of aromatic nitrogens is 2. The van der Waals surface area contributed by atoms with Crippen LogP contribution in [0.3, 0.4) is 0 Å². The van der Waals surface area contributed by atoms with Crippen molar-refractivity contribution in [3.63, 3.8) is 0 Å². The lowest BCUT2D eigenvalue weighted by atomic mass is 9.94. The van der Waals surface area contributed by atoms with E-state index >= 15 is 0 Å². The maximum Gasteiger partial charge on any atom is 0.0787 e. The summed E-state index contributed by atoms with van der Waals surface area (Å²) in [5.74, 6) is 0. The lowest BCUT2D eigenvalue weighted by Crippen LogP contribution is -2.43. The van der Waals surface area contributed by atoms with Crippen LogP contribution in [0.5, 0.6) is 0 Å². The first-order valence-corrected chi connectivity index (χ1v) is 6.80. The van der Waals surface area contributed by atoms with Gasteiger partial charge >= 0.3 is 0 Å². The van der Waals surface area contributed by atoms with E-state index < -0.39 is 0 Å². The molecule has 4 nitrogen and oxygen atoms in total. The predicted octanol–water partition coefficient (Wildman–Crippen LogP) is 2.21. The Kier molecular flexibility index (Phi) is 3.78. The Bertz CT molecular complexity index is 370. The van der Waals surface area contributed by atoms with Crippen LogP contribution in [0.15, 0.2) is 18.5 Å². The van der Waals surface area contributed by atoms with Crippen molar-refractivity contribution in [3.8, 4) is 0 Å². The summed E-state index contributed by atoms with van der Waals surface area (Å²) in [5, 5.41) is 7.83. The molecule has 1 atom stereocenters. The molecule has 0 spiro atoms. The van der Waals surface area contributed by atoms with Gasteiger partial charge in [-0.25, -0.2) is 0 Å². The van der Waals surface area contributed by atoms with Crippen molar-refractivity contribution in [2.45, 2.75) is 64.3 Å². The summed E-state index contributed by atoms with van der Waals surface area (Å²) < 4.78 is 8.05. The third kappa shape index (κ3) is 3.33. The van der Waals surface area contributed by atoms with E-state index in [0.29, 0.717) is 6.04 Å². The molecule has 1 aliphatic rings. The van der Waals surface area contributed by atoms with Gasteiger partial charge in [-0.1, -0.05) is 0 Å². The molecular formula is C14H25N3O. The van der Waals surface area contributed by atoms with E-state index in [2.05, 4.69) is 38.1 Å². The highest BCUT2D eigenvalue weighted by Crippen LogP contribution is 2.37. The first-order chi connectivity index (χ1) is 8.39. The molecule has 1 saturated heterocycles. The highest BCUT2D eigenvalue weighted by molar-refractivity contribution is 4.98. The Labute approximate surface area is 110 Å². The molecule has 18 heavy (non-hydrogen) atoms. The first kappa shape index (κ1) is 13.6. The third-order valence-electron chi connectivity index (χ3n) is 3.59. The largest absolute Gasteiger partial charge is 0.368 e. The minimum Gasteiger partial charge on any atom is -0.368 e. The van der Waals surface area contributed by atoms with Gasteiger partial charge in [-0.15, -0.1) is 0 Å². The Morgan fingerprint density at radius 2 is 2.17 bits per heavy atom. The Morgan fingerprint density at radius 3 is 2.72 bits per heavy atom. The highest BCUT2D eigenvalue weighted by Gasteiger charge is 2.45. The summed E-state index contributed by atoms with van der Waals surface area (Å²) in [6.45, 7) is 10.7. The van der Waals surface area contributed by atoms with Crippen molar-refractivity contribution in [1.29, 1.82) is 0 Å². The molecule has 1 fully saturated rings. The molecule has 0 aromatic carbocycles. The lowest BCUT2D eigenvalue weighted by molar-refractivity contribution is -0.0698. The van der Waals surface area contributed by atoms with Crippen LogP contribution < -0.4 is 5.32 Å². The monoisotopic (exact) mass is 251 g/mol. The molecule has 1 aliphatic heterocycles. The molecule has 0 saturated carbocycles. The smallest absolute Gasteiger partial charge is 0.0787 e. The van der Waals surface area contributed by atoms with Crippen LogP contribution in [-0.2, 0) is 11.3 Å². The van der Waals surface area contributed by atoms with Gasteiger partial charge in [-0.2, -0.15) is 5.10 Å². The van der Waals surface area contributed by atoms with Gasteiger partial charge in [-0.05, 0) is 53.1 Å². The third-order valence-corrected chi connectivity index (χ3v) is 3.59. The van der Waals surface area contributed by atoms with Gasteiger partial charge in [0, 0.05) is 25.0 Å². The van der Waals surface area contributed by atoms with Crippen LogP contribution in [-0.4, -0.2) is 33.6 Å². The number of nitrogens with one attached hydrogen (secondary N) is 1. The molecule has 2 heterocycles. The fourth-order valence-electron chi connectivity index (χ4n) is 2.83. The van der Waals surface area contributed by atoms with Gasteiger partial charge in [0.25, 0.3) is 0 Å². The predicted molar refractivity (Wildman–Crippen MR) is 72.5 cm³/mol. The van der Waals surface area contributed by atoms with Crippen LogP contribution in [0.1, 0.15) is 40.5 Å². The summed E-state index contributed by atoms with van der Waals surface area (Å²) in [5.41, 5.74) is -0.0850. The second-order valence-electron chi connectivity index (χ2n) is 6.30. The molecule has 1 aromatic rings. The molecule has 0 bridgehead atoms. The molecule has 0 amide bonds. The van der Waals surface area contributed by atoms with E-state index in [1.165, 1.54) is 0 Å². The van der Waals surface area contributed by atoms with Gasteiger partial charge in [0.1, 0.15) is 0 Å². The number of rotatable bonds is 5. The van der Waals surface area contributed by atoms with Gasteiger partial charge in [0.05, 0.1) is 11.2 Å². The summed E-state index contributed by atoms with van der Waals surface area (Å²) in [6, 6.07) is 2.40. The summed E-state index contributed by atoms with van der Waals surface area (Å²) in [6.07, 6.45) is 5.99. The van der Waals surface area contributed by atoms with Gasteiger partial charge in [0.2, 0.25) is 0 Å². The average Bonchev–Trinajstić information content (AvgIpc) is 2.79. The van der Waals surface area contributed by atoms with Crippen molar-refractivity contribution < 1.29 is 4.74 Å². The van der Waals surface area contributed by atoms with Crippen LogP contribution >= 0.6 is 0 Å². The zero-order valence-corrected chi connectivity index (χ0v) is 11.9. The fraction of sp³-hybridized carbons (Fsp3) is 0.786. The normalized spacial score (nSPS) is 25.4. The molecule has 2 rings (SSSR count). The van der Waals surface area contributed by atoms with Crippen molar-refractivity contribution in [1.82, 2.24) is 15.1 Å². The topological polar surface area (TPSA) is 39.1 Å². The van der Waals surface area contributed by atoms with E-state index in [0.717, 1.165) is 25.9 Å². The number of ether oxygens (including phenoxy) is 1. The second-order valence-corrected chi connectivity index (χ2v) is 6.30. The molecule has 0 aliphatic carbocycles. The SMILES string of the molecule is CC1(C)CC(NCCCn2cccn2)C(C)(C)O1. The number of hydrogen-bond donors (Lipinski definition) is 1. The molecule has 1 unspecified atom stereocenters. The van der Waals surface area contributed by atoms with Gasteiger partial charge in [-0.3, -0.25) is 4.68 Å². The van der Waals surface area contributed by atoms with Gasteiger partial charge in [0.15, 0.2) is 0 Å². The molecule has 4 heteroatoms. The Morgan fingerprint density at radius 1 is 1.39 bits per heavy atom. The van der Waals surface area contributed by atoms with E-state index in [-0.39, 0.29) is 11.2 Å². The molecule has 1 aromatic heterocycles. The molecule has 102 valence electrons. The maximum atomic E-state index is 6.07. The number of aryl methyl sites for hydroxylation is 1. The zero-order chi connectivity index (χ0) is 13.2. The van der Waals surface area contributed by atoms with Crippen LogP contribution in [0.2, 0.25) is 0 Å². The first-order valence-electron chi connectivity index (χ1n) is 6.80. The van der Waals surface area contributed by atoms with Crippen molar-refractivity contribution in [2.24, 2.45) is 0 Å². The van der Waals surface area contributed by atoms with Crippen molar-refractivity contribution in [3.05, 3.63) is 18.5 Å². The molecule has 0 radical (unpaired) electrons. The van der Waals surface area contributed by atoms with E-state index in [1.54, 1.807) is 0 Å². The fourth-order valence-corrected chi connectivity index (χ4v) is 2.83. The van der Waals surface area contributed by atoms with Crippen LogP contribution in [0, 0.1) is 0 Å². The maximum absolute atomic E-state index is 6.07. The van der Waals surface area contributed by atoms with Crippen LogP contribution in [0.4, 0.5) is 0 Å². The quantitative estimate of drug-likeness (QED) is 0.816. The Balaban J connectivity index is 1.73. The molecular weight excluding hydrogens is 226 g/mol. The second kappa shape index (κ2) is 5.02. The minimum absolute atomic E-state index is 0.0108. The van der Waals surface area contributed by atoms with Gasteiger partial charge < -0.3 is 10.1 Å². The van der Waals surface area contributed by atoms with E-state index in [4.69, 9.17) is 4.74 Å². The summed E-state index contributed by atoms with van der Waals surface area (Å²) in [4.78, 5) is 0. The standard InChI is InChI=1S/C14H25N3O/c1-13(2)11-12(14(3,4)18-13)15-7-5-9-17-10-6-8-16-17/h6,8,10,12,15H,5,7,9,11H2,1-4H3. The average molecular weight is 251 g/mol. The zero-order valence-electron chi connectivity index (χ0n) is 11.9. The summed E-state index contributed by atoms with van der Waals surface area (Å²) in [7, 11) is 0. The lowest BCUT2D eigenvalue weighted by Gasteiger charge is -2.27. The summed E-state index contributed by atoms with van der Waals surface area (Å²) >= 11 is 0. The van der Waals surface area contributed by atoms with Crippen molar-refractivity contribution >= 4 is 0 Å². The highest BCUT2D eigenvalue weighted by atomic mass is 16.5. The van der Waals surface area contributed by atoms with Crippen LogP contribution in [0.25, 0.3) is 0 Å². The number of hydrogen-bond acceptors (Lipinski definition) is 3. The van der Waals surface area contributed by atoms with Crippen molar-refractivity contribution in [2.75, 3.05) is 6.54 Å². The molecule has 1 N–H and O–H groups in total.